The highest BCUT2D eigenvalue weighted by molar-refractivity contribution is 9.10. The molecule has 0 atom stereocenters. The van der Waals surface area contributed by atoms with Crippen molar-refractivity contribution in [2.75, 3.05) is 5.32 Å². The van der Waals surface area contributed by atoms with Crippen LogP contribution in [0.1, 0.15) is 21.5 Å². The Morgan fingerprint density at radius 1 is 1.35 bits per heavy atom. The Hall–Kier alpha value is -2.19. The SMILES string of the molecule is Cc1cc(Br)ccc1C(=O)Nc1cccc(F)c1C#N. The average Bonchev–Trinajstić information content (AvgIpc) is 2.38. The number of hydrogen-bond acceptors (Lipinski definition) is 2. The number of benzene rings is 2. The van der Waals surface area contributed by atoms with Crippen molar-refractivity contribution in [2.24, 2.45) is 0 Å². The molecule has 0 bridgehead atoms. The Kier molecular flexibility index (Phi) is 4.16. The van der Waals surface area contributed by atoms with Gasteiger partial charge >= 0.3 is 0 Å². The van der Waals surface area contributed by atoms with Crippen LogP contribution in [0, 0.1) is 24.1 Å². The van der Waals surface area contributed by atoms with Gasteiger partial charge in [-0.15, -0.1) is 0 Å². The first-order chi connectivity index (χ1) is 9.52. The van der Waals surface area contributed by atoms with E-state index in [1.807, 2.05) is 6.07 Å². The number of carbonyl (C=O) groups excluding carboxylic acids is 1. The molecule has 0 saturated heterocycles. The van der Waals surface area contributed by atoms with Crippen molar-refractivity contribution < 1.29 is 9.18 Å². The first-order valence-electron chi connectivity index (χ1n) is 5.79. The lowest BCUT2D eigenvalue weighted by Gasteiger charge is -2.09. The molecule has 0 fully saturated rings. The summed E-state index contributed by atoms with van der Waals surface area (Å²) in [6.07, 6.45) is 0. The smallest absolute Gasteiger partial charge is 0.255 e. The van der Waals surface area contributed by atoms with Crippen molar-refractivity contribution >= 4 is 27.5 Å². The van der Waals surface area contributed by atoms with Crippen LogP contribution in [0.2, 0.25) is 0 Å². The summed E-state index contributed by atoms with van der Waals surface area (Å²) >= 11 is 3.32. The largest absolute Gasteiger partial charge is 0.321 e. The molecule has 5 heteroatoms. The Balaban J connectivity index is 2.33. The van der Waals surface area contributed by atoms with Crippen molar-refractivity contribution in [1.82, 2.24) is 0 Å². The highest BCUT2D eigenvalue weighted by Gasteiger charge is 2.13. The van der Waals surface area contributed by atoms with Gasteiger partial charge in [-0.05, 0) is 42.8 Å². The quantitative estimate of drug-likeness (QED) is 0.902. The zero-order valence-electron chi connectivity index (χ0n) is 10.6. The van der Waals surface area contributed by atoms with Crippen LogP contribution in [0.25, 0.3) is 0 Å². The minimum absolute atomic E-state index is 0.166. The van der Waals surface area contributed by atoms with Crippen LogP contribution in [0.15, 0.2) is 40.9 Å². The van der Waals surface area contributed by atoms with E-state index in [-0.39, 0.29) is 17.2 Å². The van der Waals surface area contributed by atoms with E-state index in [4.69, 9.17) is 5.26 Å². The maximum atomic E-state index is 13.5. The van der Waals surface area contributed by atoms with Crippen LogP contribution in [0.4, 0.5) is 10.1 Å². The molecular formula is C15H10BrFN2O. The van der Waals surface area contributed by atoms with E-state index in [0.29, 0.717) is 5.56 Å². The van der Waals surface area contributed by atoms with Gasteiger partial charge in [0.1, 0.15) is 17.4 Å². The Bertz CT molecular complexity index is 722. The second kappa shape index (κ2) is 5.85. The number of anilines is 1. The number of aryl methyl sites for hydroxylation is 1. The van der Waals surface area contributed by atoms with Gasteiger partial charge in [-0.25, -0.2) is 4.39 Å². The van der Waals surface area contributed by atoms with E-state index < -0.39 is 5.82 Å². The fraction of sp³-hybridized carbons (Fsp3) is 0.0667. The fourth-order valence-corrected chi connectivity index (χ4v) is 2.29. The number of nitrogens with zero attached hydrogens (tertiary/aromatic N) is 1. The Labute approximate surface area is 124 Å². The molecule has 0 unspecified atom stereocenters. The fourth-order valence-electron chi connectivity index (χ4n) is 1.81. The molecule has 0 aromatic heterocycles. The summed E-state index contributed by atoms with van der Waals surface area (Å²) < 4.78 is 14.3. The van der Waals surface area contributed by atoms with Gasteiger partial charge in [0.2, 0.25) is 0 Å². The summed E-state index contributed by atoms with van der Waals surface area (Å²) in [4.78, 5) is 12.2. The highest BCUT2D eigenvalue weighted by atomic mass is 79.9. The predicted molar refractivity (Wildman–Crippen MR) is 77.9 cm³/mol. The van der Waals surface area contributed by atoms with E-state index in [2.05, 4.69) is 21.2 Å². The number of hydrogen-bond donors (Lipinski definition) is 1. The molecule has 100 valence electrons. The molecule has 0 radical (unpaired) electrons. The third-order valence-electron chi connectivity index (χ3n) is 2.81. The molecule has 1 amide bonds. The normalized spacial score (nSPS) is 9.90. The maximum Gasteiger partial charge on any atom is 0.255 e. The van der Waals surface area contributed by atoms with Crippen molar-refractivity contribution in [3.8, 4) is 6.07 Å². The van der Waals surface area contributed by atoms with E-state index in [1.165, 1.54) is 18.2 Å². The minimum Gasteiger partial charge on any atom is -0.321 e. The van der Waals surface area contributed by atoms with Gasteiger partial charge in [0.25, 0.3) is 5.91 Å². The molecule has 0 saturated carbocycles. The molecule has 0 spiro atoms. The van der Waals surface area contributed by atoms with Crippen LogP contribution in [-0.4, -0.2) is 5.91 Å². The van der Waals surface area contributed by atoms with E-state index in [9.17, 15) is 9.18 Å². The van der Waals surface area contributed by atoms with Gasteiger partial charge in [0.05, 0.1) is 5.69 Å². The number of halogens is 2. The lowest BCUT2D eigenvalue weighted by molar-refractivity contribution is 0.102. The standard InChI is InChI=1S/C15H10BrFN2O/c1-9-7-10(16)5-6-11(9)15(20)19-14-4-2-3-13(17)12(14)8-18/h2-7H,1H3,(H,19,20). The molecule has 2 aromatic rings. The molecule has 2 aromatic carbocycles. The Morgan fingerprint density at radius 2 is 2.10 bits per heavy atom. The third kappa shape index (κ3) is 2.86. The first-order valence-corrected chi connectivity index (χ1v) is 6.58. The lowest BCUT2D eigenvalue weighted by atomic mass is 10.1. The minimum atomic E-state index is -0.655. The summed E-state index contributed by atoms with van der Waals surface area (Å²) in [6, 6.07) is 11.1. The summed E-state index contributed by atoms with van der Waals surface area (Å²) in [6.45, 7) is 1.80. The average molecular weight is 333 g/mol. The van der Waals surface area contributed by atoms with Crippen LogP contribution in [0.5, 0.6) is 0 Å². The number of rotatable bonds is 2. The molecule has 0 heterocycles. The second-order valence-corrected chi connectivity index (χ2v) is 5.10. The highest BCUT2D eigenvalue weighted by Crippen LogP contribution is 2.21. The molecule has 20 heavy (non-hydrogen) atoms. The molecular weight excluding hydrogens is 323 g/mol. The summed E-state index contributed by atoms with van der Waals surface area (Å²) in [7, 11) is 0. The van der Waals surface area contributed by atoms with Crippen molar-refractivity contribution in [2.45, 2.75) is 6.92 Å². The summed E-state index contributed by atoms with van der Waals surface area (Å²) in [5.74, 6) is -1.03. The van der Waals surface area contributed by atoms with Crippen LogP contribution < -0.4 is 5.32 Å². The number of nitrogens with one attached hydrogen (secondary N) is 1. The van der Waals surface area contributed by atoms with Crippen molar-refractivity contribution in [3.63, 3.8) is 0 Å². The molecule has 0 aliphatic carbocycles. The molecule has 0 aliphatic heterocycles. The predicted octanol–water partition coefficient (Wildman–Crippen LogP) is 4.02. The molecule has 1 N–H and O–H groups in total. The number of carbonyl (C=O) groups is 1. The zero-order chi connectivity index (χ0) is 14.7. The van der Waals surface area contributed by atoms with Crippen molar-refractivity contribution in [3.05, 3.63) is 63.4 Å². The van der Waals surface area contributed by atoms with Crippen molar-refractivity contribution in [1.29, 1.82) is 5.26 Å². The summed E-state index contributed by atoms with van der Waals surface area (Å²) in [5.41, 5.74) is 1.25. The van der Waals surface area contributed by atoms with Gasteiger partial charge in [-0.3, -0.25) is 4.79 Å². The number of amides is 1. The topological polar surface area (TPSA) is 52.9 Å². The van der Waals surface area contributed by atoms with Gasteiger partial charge < -0.3 is 5.32 Å². The molecule has 3 nitrogen and oxygen atoms in total. The van der Waals surface area contributed by atoms with E-state index in [1.54, 1.807) is 25.1 Å². The van der Waals surface area contributed by atoms with Gasteiger partial charge in [0, 0.05) is 10.0 Å². The zero-order valence-corrected chi connectivity index (χ0v) is 12.2. The second-order valence-electron chi connectivity index (χ2n) is 4.19. The Morgan fingerprint density at radius 3 is 2.75 bits per heavy atom. The third-order valence-corrected chi connectivity index (χ3v) is 3.30. The van der Waals surface area contributed by atoms with Gasteiger partial charge in [-0.2, -0.15) is 5.26 Å². The van der Waals surface area contributed by atoms with Crippen LogP contribution in [-0.2, 0) is 0 Å². The number of nitriles is 1. The lowest BCUT2D eigenvalue weighted by Crippen LogP contribution is -2.14. The molecule has 2 rings (SSSR count). The van der Waals surface area contributed by atoms with Gasteiger partial charge in [-0.1, -0.05) is 22.0 Å². The summed E-state index contributed by atoms with van der Waals surface area (Å²) in [5, 5.41) is 11.5. The monoisotopic (exact) mass is 332 g/mol. The van der Waals surface area contributed by atoms with E-state index >= 15 is 0 Å². The van der Waals surface area contributed by atoms with Crippen LogP contribution in [0.3, 0.4) is 0 Å². The van der Waals surface area contributed by atoms with Gasteiger partial charge in [0.15, 0.2) is 0 Å². The maximum absolute atomic E-state index is 13.5. The molecule has 0 aliphatic rings. The van der Waals surface area contributed by atoms with E-state index in [0.717, 1.165) is 10.0 Å². The first kappa shape index (κ1) is 14.2. The van der Waals surface area contributed by atoms with Crippen LogP contribution >= 0.6 is 15.9 Å².